The molecule has 1 amide bonds. The van der Waals surface area contributed by atoms with E-state index in [1.807, 2.05) is 13.8 Å². The molecule has 7 nitrogen and oxygen atoms in total. The number of amides is 1. The first kappa shape index (κ1) is 29.2. The summed E-state index contributed by atoms with van der Waals surface area (Å²) in [5.74, 6) is -0.879. The fourth-order valence-corrected chi connectivity index (χ4v) is 4.10. The molecule has 0 bridgehead atoms. The predicted molar refractivity (Wildman–Crippen MR) is 133 cm³/mol. The van der Waals surface area contributed by atoms with Gasteiger partial charge in [-0.05, 0) is 61.6 Å². The fraction of sp³-hybridized carbons (Fsp3) is 0.407. The Labute approximate surface area is 218 Å². The van der Waals surface area contributed by atoms with Crippen molar-refractivity contribution in [2.75, 3.05) is 0 Å². The molecule has 205 valence electrons. The summed E-state index contributed by atoms with van der Waals surface area (Å²) in [6, 6.07) is 7.30. The van der Waals surface area contributed by atoms with E-state index in [9.17, 15) is 32.6 Å². The van der Waals surface area contributed by atoms with Gasteiger partial charge in [-0.15, -0.1) is 0 Å². The number of aromatic nitrogens is 3. The molecule has 2 unspecified atom stereocenters. The van der Waals surface area contributed by atoms with Crippen molar-refractivity contribution in [3.05, 3.63) is 78.0 Å². The standard InChI is InChI=1S/C27H31F4N4O3/c1-4-21(36)14-22(37)10-12-35-24(16(2)3)23(34-25(35)17-5-7-19(28)8-6-17)26(38)33-15-20-13-18(9-11-32-20)27(29,30)31/h5-9,11,13,16,21-22,36-37H,1,4,10,12,14-15H2,2-3H3,(H,33,38). The lowest BCUT2D eigenvalue weighted by Crippen LogP contribution is -2.26. The van der Waals surface area contributed by atoms with Gasteiger partial charge >= 0.3 is 6.18 Å². The molecule has 1 aromatic carbocycles. The van der Waals surface area contributed by atoms with Crippen molar-refractivity contribution >= 4 is 5.91 Å². The summed E-state index contributed by atoms with van der Waals surface area (Å²) >= 11 is 0. The van der Waals surface area contributed by atoms with Gasteiger partial charge in [-0.3, -0.25) is 9.78 Å². The number of carbonyl (C=O) groups excluding carboxylic acids is 1. The van der Waals surface area contributed by atoms with E-state index in [0.29, 0.717) is 17.1 Å². The summed E-state index contributed by atoms with van der Waals surface area (Å²) in [5, 5.41) is 22.8. The Morgan fingerprint density at radius 1 is 1.13 bits per heavy atom. The summed E-state index contributed by atoms with van der Waals surface area (Å²) in [6.07, 6.45) is -4.45. The van der Waals surface area contributed by atoms with Crippen LogP contribution in [-0.2, 0) is 19.3 Å². The van der Waals surface area contributed by atoms with E-state index in [1.165, 1.54) is 24.3 Å². The molecule has 2 heterocycles. The molecule has 0 aliphatic carbocycles. The SMILES string of the molecule is [CH2]CC(O)CC(O)CCn1c(-c2ccc(F)cc2)nc(C(=O)NCc2cc(C(F)(F)F)ccn2)c1C(C)C. The van der Waals surface area contributed by atoms with Crippen LogP contribution in [0.25, 0.3) is 11.4 Å². The van der Waals surface area contributed by atoms with Crippen molar-refractivity contribution in [2.24, 2.45) is 0 Å². The van der Waals surface area contributed by atoms with Gasteiger partial charge in [-0.2, -0.15) is 13.2 Å². The quantitative estimate of drug-likeness (QED) is 0.304. The molecule has 3 aromatic rings. The third-order valence-corrected chi connectivity index (χ3v) is 6.01. The van der Waals surface area contributed by atoms with Crippen LogP contribution in [0.5, 0.6) is 0 Å². The average molecular weight is 536 g/mol. The molecule has 0 aliphatic rings. The second-order valence-electron chi connectivity index (χ2n) is 9.32. The lowest BCUT2D eigenvalue weighted by Gasteiger charge is -2.18. The smallest absolute Gasteiger partial charge is 0.393 e. The third kappa shape index (κ3) is 7.38. The van der Waals surface area contributed by atoms with Gasteiger partial charge in [0.1, 0.15) is 17.3 Å². The van der Waals surface area contributed by atoms with Crippen LogP contribution in [0, 0.1) is 12.7 Å². The van der Waals surface area contributed by atoms with E-state index in [1.54, 1.807) is 4.57 Å². The minimum absolute atomic E-state index is 0.0320. The van der Waals surface area contributed by atoms with Crippen molar-refractivity contribution in [3.8, 4) is 11.4 Å². The van der Waals surface area contributed by atoms with Gasteiger partial charge in [0.15, 0.2) is 0 Å². The van der Waals surface area contributed by atoms with E-state index in [-0.39, 0.29) is 49.7 Å². The summed E-state index contributed by atoms with van der Waals surface area (Å²) in [7, 11) is 0. The van der Waals surface area contributed by atoms with Gasteiger partial charge in [0.25, 0.3) is 5.91 Å². The molecular weight excluding hydrogens is 504 g/mol. The number of aliphatic hydroxyl groups excluding tert-OH is 2. The highest BCUT2D eigenvalue weighted by molar-refractivity contribution is 5.94. The molecule has 0 spiro atoms. The number of carbonyl (C=O) groups is 1. The van der Waals surface area contributed by atoms with Crippen molar-refractivity contribution in [2.45, 2.75) is 70.5 Å². The number of rotatable bonds is 11. The highest BCUT2D eigenvalue weighted by atomic mass is 19.4. The topological polar surface area (TPSA) is 100 Å². The molecule has 2 aromatic heterocycles. The van der Waals surface area contributed by atoms with Crippen LogP contribution in [0.3, 0.4) is 0 Å². The number of aliphatic hydroxyl groups is 2. The third-order valence-electron chi connectivity index (χ3n) is 6.01. The van der Waals surface area contributed by atoms with Crippen molar-refractivity contribution in [3.63, 3.8) is 0 Å². The molecular formula is C27H31F4N4O3. The number of nitrogens with zero attached hydrogens (tertiary/aromatic N) is 3. The van der Waals surface area contributed by atoms with Crippen molar-refractivity contribution in [1.82, 2.24) is 19.9 Å². The molecule has 1 radical (unpaired) electrons. The Balaban J connectivity index is 1.93. The number of halogens is 4. The van der Waals surface area contributed by atoms with Crippen molar-refractivity contribution in [1.29, 1.82) is 0 Å². The van der Waals surface area contributed by atoms with Crippen molar-refractivity contribution < 1.29 is 32.6 Å². The highest BCUT2D eigenvalue weighted by Gasteiger charge is 2.31. The second kappa shape index (κ2) is 12.5. The number of imidazole rings is 1. The van der Waals surface area contributed by atoms with Crippen LogP contribution in [0.15, 0.2) is 42.6 Å². The van der Waals surface area contributed by atoms with E-state index in [2.05, 4.69) is 22.2 Å². The molecule has 3 N–H and O–H groups in total. The largest absolute Gasteiger partial charge is 0.416 e. The Morgan fingerprint density at radius 2 is 1.82 bits per heavy atom. The minimum atomic E-state index is -4.54. The maximum atomic E-state index is 13.6. The van der Waals surface area contributed by atoms with Gasteiger partial charge in [-0.25, -0.2) is 9.37 Å². The van der Waals surface area contributed by atoms with Crippen LogP contribution < -0.4 is 5.32 Å². The molecule has 0 aliphatic heterocycles. The molecule has 38 heavy (non-hydrogen) atoms. The Bertz CT molecular complexity index is 1230. The van der Waals surface area contributed by atoms with Gasteiger partial charge < -0.3 is 20.1 Å². The lowest BCUT2D eigenvalue weighted by atomic mass is 10.1. The number of benzene rings is 1. The van der Waals surface area contributed by atoms with Crippen LogP contribution >= 0.6 is 0 Å². The zero-order chi connectivity index (χ0) is 28.0. The minimum Gasteiger partial charge on any atom is -0.393 e. The number of nitrogens with one attached hydrogen (secondary N) is 1. The Hall–Kier alpha value is -3.31. The maximum absolute atomic E-state index is 13.6. The zero-order valence-corrected chi connectivity index (χ0v) is 21.2. The number of pyridine rings is 1. The molecule has 11 heteroatoms. The summed E-state index contributed by atoms with van der Waals surface area (Å²) in [5.41, 5.74) is 0.316. The Morgan fingerprint density at radius 3 is 2.42 bits per heavy atom. The van der Waals surface area contributed by atoms with Crippen LogP contribution in [0.4, 0.5) is 17.6 Å². The lowest BCUT2D eigenvalue weighted by molar-refractivity contribution is -0.137. The molecule has 0 fully saturated rings. The number of hydrogen-bond acceptors (Lipinski definition) is 5. The van der Waals surface area contributed by atoms with Crippen LogP contribution in [0.2, 0.25) is 0 Å². The average Bonchev–Trinajstić information content (AvgIpc) is 3.26. The van der Waals surface area contributed by atoms with Gasteiger partial charge in [0, 0.05) is 18.3 Å². The first-order valence-corrected chi connectivity index (χ1v) is 12.2. The number of alkyl halides is 3. The first-order valence-electron chi connectivity index (χ1n) is 12.2. The van der Waals surface area contributed by atoms with Crippen LogP contribution in [0.1, 0.15) is 66.5 Å². The molecule has 0 saturated carbocycles. The normalized spacial score (nSPS) is 13.5. The molecule has 2 atom stereocenters. The highest BCUT2D eigenvalue weighted by Crippen LogP contribution is 2.30. The fourth-order valence-electron chi connectivity index (χ4n) is 4.10. The van der Waals surface area contributed by atoms with E-state index >= 15 is 0 Å². The van der Waals surface area contributed by atoms with Crippen LogP contribution in [-0.4, -0.2) is 42.9 Å². The number of hydrogen-bond donors (Lipinski definition) is 3. The van der Waals surface area contributed by atoms with E-state index < -0.39 is 35.7 Å². The monoisotopic (exact) mass is 535 g/mol. The summed E-state index contributed by atoms with van der Waals surface area (Å²) < 4.78 is 54.5. The summed E-state index contributed by atoms with van der Waals surface area (Å²) in [6.45, 7) is 7.34. The van der Waals surface area contributed by atoms with Gasteiger partial charge in [-0.1, -0.05) is 20.8 Å². The first-order chi connectivity index (χ1) is 17.9. The summed E-state index contributed by atoms with van der Waals surface area (Å²) in [4.78, 5) is 21.7. The second-order valence-corrected chi connectivity index (χ2v) is 9.32. The molecule has 3 rings (SSSR count). The van der Waals surface area contributed by atoms with E-state index in [4.69, 9.17) is 0 Å². The molecule has 0 saturated heterocycles. The van der Waals surface area contributed by atoms with Gasteiger partial charge in [0.2, 0.25) is 0 Å². The zero-order valence-electron chi connectivity index (χ0n) is 21.2. The Kier molecular flexibility index (Phi) is 9.61. The predicted octanol–water partition coefficient (Wildman–Crippen LogP) is 4.88. The van der Waals surface area contributed by atoms with Gasteiger partial charge in [0.05, 0.1) is 35.7 Å². The maximum Gasteiger partial charge on any atom is 0.416 e. The van der Waals surface area contributed by atoms with E-state index in [0.717, 1.165) is 18.3 Å².